The summed E-state index contributed by atoms with van der Waals surface area (Å²) in [6.45, 7) is 11.7. The number of phenolic OH excluding ortho intramolecular Hbond substituents is 1. The smallest absolute Gasteiger partial charge is 0.123 e. The minimum atomic E-state index is 0.277. The Morgan fingerprint density at radius 2 is 1.95 bits per heavy atom. The second kappa shape index (κ2) is 5.79. The van der Waals surface area contributed by atoms with Gasteiger partial charge < -0.3 is 5.11 Å². The number of aromatic hydroxyl groups is 1. The lowest BCUT2D eigenvalue weighted by atomic mass is 9.93. The predicted molar refractivity (Wildman–Crippen MR) is 86.9 cm³/mol. The summed E-state index contributed by atoms with van der Waals surface area (Å²) in [6, 6.07) is 12.1. The Balaban J connectivity index is 2.59. The minimum absolute atomic E-state index is 0.277. The van der Waals surface area contributed by atoms with E-state index in [-0.39, 0.29) is 5.75 Å². The summed E-state index contributed by atoms with van der Waals surface area (Å²) in [5.41, 5.74) is 6.42. The van der Waals surface area contributed by atoms with E-state index in [1.54, 1.807) is 6.07 Å². The van der Waals surface area contributed by atoms with Crippen LogP contribution in [-0.4, -0.2) is 5.11 Å². The van der Waals surface area contributed by atoms with Gasteiger partial charge in [0.05, 0.1) is 0 Å². The van der Waals surface area contributed by atoms with Gasteiger partial charge in [0.2, 0.25) is 0 Å². The average molecular weight is 264 g/mol. The van der Waals surface area contributed by atoms with Gasteiger partial charge in [-0.05, 0) is 54.7 Å². The highest BCUT2D eigenvalue weighted by Gasteiger charge is 2.08. The molecule has 1 nitrogen and oxygen atoms in total. The second-order valence-electron chi connectivity index (χ2n) is 5.17. The van der Waals surface area contributed by atoms with Crippen LogP contribution in [0.25, 0.3) is 16.7 Å². The highest BCUT2D eigenvalue weighted by atomic mass is 16.3. The Kier molecular flexibility index (Phi) is 4.09. The van der Waals surface area contributed by atoms with Gasteiger partial charge in [0.15, 0.2) is 0 Å². The molecule has 2 aromatic rings. The topological polar surface area (TPSA) is 20.2 Å². The molecule has 0 atom stereocenters. The summed E-state index contributed by atoms with van der Waals surface area (Å²) in [4.78, 5) is 0. The largest absolute Gasteiger partial charge is 0.507 e. The number of hydrogen-bond acceptors (Lipinski definition) is 1. The molecular formula is C19H20O. The van der Waals surface area contributed by atoms with Gasteiger partial charge in [0, 0.05) is 5.56 Å². The molecule has 0 aliphatic carbocycles. The summed E-state index contributed by atoms with van der Waals surface area (Å²) >= 11 is 0. The molecule has 0 saturated carbocycles. The quantitative estimate of drug-likeness (QED) is 0.759. The first kappa shape index (κ1) is 14.1. The molecule has 0 heterocycles. The Hall–Kier alpha value is -2.28. The van der Waals surface area contributed by atoms with Gasteiger partial charge in [-0.15, -0.1) is 6.58 Å². The van der Waals surface area contributed by atoms with Crippen LogP contribution >= 0.6 is 0 Å². The van der Waals surface area contributed by atoms with E-state index in [4.69, 9.17) is 0 Å². The van der Waals surface area contributed by atoms with E-state index in [2.05, 4.69) is 38.3 Å². The molecule has 0 fully saturated rings. The average Bonchev–Trinajstić information content (AvgIpc) is 2.40. The van der Waals surface area contributed by atoms with Crippen LogP contribution in [0.1, 0.15) is 23.6 Å². The van der Waals surface area contributed by atoms with Gasteiger partial charge in [-0.2, -0.15) is 0 Å². The van der Waals surface area contributed by atoms with Crippen LogP contribution < -0.4 is 0 Å². The third kappa shape index (κ3) is 2.83. The molecule has 0 aliphatic heterocycles. The fourth-order valence-electron chi connectivity index (χ4n) is 2.37. The van der Waals surface area contributed by atoms with E-state index in [1.165, 1.54) is 16.7 Å². The van der Waals surface area contributed by atoms with Crippen LogP contribution in [0, 0.1) is 6.92 Å². The highest BCUT2D eigenvalue weighted by molar-refractivity contribution is 5.76. The van der Waals surface area contributed by atoms with E-state index < -0.39 is 0 Å². The number of allylic oxidation sites excluding steroid dienone is 2. The third-order valence-corrected chi connectivity index (χ3v) is 3.39. The monoisotopic (exact) mass is 264 g/mol. The number of phenols is 1. The molecule has 0 aromatic heterocycles. The van der Waals surface area contributed by atoms with Crippen molar-refractivity contribution >= 4 is 5.57 Å². The Morgan fingerprint density at radius 1 is 1.20 bits per heavy atom. The van der Waals surface area contributed by atoms with Crippen LogP contribution in [0.2, 0.25) is 0 Å². The van der Waals surface area contributed by atoms with Crippen molar-refractivity contribution in [2.24, 2.45) is 0 Å². The molecule has 0 spiro atoms. The molecule has 102 valence electrons. The zero-order valence-electron chi connectivity index (χ0n) is 12.1. The third-order valence-electron chi connectivity index (χ3n) is 3.39. The van der Waals surface area contributed by atoms with Crippen LogP contribution in [0.5, 0.6) is 5.75 Å². The zero-order chi connectivity index (χ0) is 14.7. The van der Waals surface area contributed by atoms with Crippen LogP contribution in [0.4, 0.5) is 0 Å². The maximum atomic E-state index is 9.89. The maximum absolute atomic E-state index is 9.89. The number of benzene rings is 2. The zero-order valence-corrected chi connectivity index (χ0v) is 12.1. The molecule has 0 unspecified atom stereocenters. The summed E-state index contributed by atoms with van der Waals surface area (Å²) in [5, 5.41) is 9.89. The lowest BCUT2D eigenvalue weighted by Gasteiger charge is -2.12. The van der Waals surface area contributed by atoms with Gasteiger partial charge in [-0.1, -0.05) is 42.5 Å². The standard InChI is InChI=1S/C19H20O/c1-5-6-15-11-14(4)7-9-17(15)16-8-10-19(20)18(12-16)13(2)3/h5,7-12,20H,1-2,6H2,3-4H3. The molecule has 20 heavy (non-hydrogen) atoms. The van der Waals surface area contributed by atoms with Crippen LogP contribution in [0.15, 0.2) is 55.6 Å². The maximum Gasteiger partial charge on any atom is 0.123 e. The van der Waals surface area contributed by atoms with Crippen molar-refractivity contribution in [2.75, 3.05) is 0 Å². The van der Waals surface area contributed by atoms with Gasteiger partial charge in [0.25, 0.3) is 0 Å². The van der Waals surface area contributed by atoms with Crippen molar-refractivity contribution in [3.8, 4) is 16.9 Å². The molecule has 2 rings (SSSR count). The molecule has 1 heteroatoms. The Labute approximate surface area is 120 Å². The lowest BCUT2D eigenvalue weighted by Crippen LogP contribution is -1.91. The molecule has 0 bridgehead atoms. The molecule has 0 radical (unpaired) electrons. The van der Waals surface area contributed by atoms with Crippen molar-refractivity contribution in [3.05, 3.63) is 72.3 Å². The first-order valence-electron chi connectivity index (χ1n) is 6.72. The van der Waals surface area contributed by atoms with Gasteiger partial charge in [-0.25, -0.2) is 0 Å². The van der Waals surface area contributed by atoms with Crippen molar-refractivity contribution < 1.29 is 5.11 Å². The van der Waals surface area contributed by atoms with Gasteiger partial charge >= 0.3 is 0 Å². The summed E-state index contributed by atoms with van der Waals surface area (Å²) in [5.74, 6) is 0.277. The molecule has 0 aliphatic rings. The number of hydrogen-bond donors (Lipinski definition) is 1. The van der Waals surface area contributed by atoms with E-state index in [0.717, 1.165) is 23.1 Å². The van der Waals surface area contributed by atoms with Gasteiger partial charge in [-0.3, -0.25) is 0 Å². The molecule has 1 N–H and O–H groups in total. The van der Waals surface area contributed by atoms with E-state index in [0.29, 0.717) is 0 Å². The molecular weight excluding hydrogens is 244 g/mol. The van der Waals surface area contributed by atoms with Crippen molar-refractivity contribution in [1.29, 1.82) is 0 Å². The fourth-order valence-corrected chi connectivity index (χ4v) is 2.37. The second-order valence-corrected chi connectivity index (χ2v) is 5.17. The molecule has 2 aromatic carbocycles. The van der Waals surface area contributed by atoms with E-state index >= 15 is 0 Å². The van der Waals surface area contributed by atoms with Crippen LogP contribution in [-0.2, 0) is 6.42 Å². The first-order chi connectivity index (χ1) is 9.52. The first-order valence-corrected chi connectivity index (χ1v) is 6.72. The lowest BCUT2D eigenvalue weighted by molar-refractivity contribution is 0.473. The van der Waals surface area contributed by atoms with Crippen molar-refractivity contribution in [1.82, 2.24) is 0 Å². The molecule has 0 saturated heterocycles. The summed E-state index contributed by atoms with van der Waals surface area (Å²) in [6.07, 6.45) is 2.75. The van der Waals surface area contributed by atoms with Crippen molar-refractivity contribution in [3.63, 3.8) is 0 Å². The predicted octanol–water partition coefficient (Wildman–Crippen LogP) is 5.13. The Morgan fingerprint density at radius 3 is 2.60 bits per heavy atom. The number of aryl methyl sites for hydroxylation is 1. The minimum Gasteiger partial charge on any atom is -0.507 e. The SMILES string of the molecule is C=CCc1cc(C)ccc1-c1ccc(O)c(C(=C)C)c1. The highest BCUT2D eigenvalue weighted by Crippen LogP contribution is 2.32. The summed E-state index contributed by atoms with van der Waals surface area (Å²) < 4.78 is 0. The normalized spacial score (nSPS) is 10.3. The van der Waals surface area contributed by atoms with E-state index in [1.807, 2.05) is 25.1 Å². The summed E-state index contributed by atoms with van der Waals surface area (Å²) in [7, 11) is 0. The fraction of sp³-hybridized carbons (Fsp3) is 0.158. The van der Waals surface area contributed by atoms with Crippen molar-refractivity contribution in [2.45, 2.75) is 20.3 Å². The molecule has 0 amide bonds. The van der Waals surface area contributed by atoms with E-state index in [9.17, 15) is 5.11 Å². The van der Waals surface area contributed by atoms with Crippen LogP contribution in [0.3, 0.4) is 0 Å². The Bertz CT molecular complexity index is 665. The number of rotatable bonds is 4. The van der Waals surface area contributed by atoms with Gasteiger partial charge in [0.1, 0.15) is 5.75 Å².